The highest BCUT2D eigenvalue weighted by atomic mass is 19.4. The third-order valence-electron chi connectivity index (χ3n) is 7.91. The molecular formula is C30H29F4N7O. The van der Waals surface area contributed by atoms with Crippen LogP contribution in [0.4, 0.5) is 23.4 Å². The first-order chi connectivity index (χ1) is 20.0. The summed E-state index contributed by atoms with van der Waals surface area (Å²) in [6, 6.07) is 12.7. The number of aryl methyl sites for hydroxylation is 1. The Labute approximate surface area is 239 Å². The molecule has 0 saturated carbocycles. The first-order valence-electron chi connectivity index (χ1n) is 13.6. The maximum absolute atomic E-state index is 13.9. The lowest BCUT2D eigenvalue weighted by Gasteiger charge is -2.49. The number of hydrogen-bond donors (Lipinski definition) is 0. The number of nitriles is 1. The number of halogens is 4. The van der Waals surface area contributed by atoms with Crippen LogP contribution in [0.25, 0.3) is 11.0 Å². The van der Waals surface area contributed by atoms with Crippen LogP contribution in [0, 0.1) is 17.1 Å². The summed E-state index contributed by atoms with van der Waals surface area (Å²) in [5, 5.41) is 9.48. The summed E-state index contributed by atoms with van der Waals surface area (Å²) in [5.41, 5.74) is 1.00. The molecule has 1 aliphatic heterocycles. The topological polar surface area (TPSA) is 90.9 Å². The van der Waals surface area contributed by atoms with Crippen molar-refractivity contribution in [1.82, 2.24) is 24.4 Å². The first kappa shape index (κ1) is 29.1. The highest BCUT2D eigenvalue weighted by molar-refractivity contribution is 5.86. The van der Waals surface area contributed by atoms with Crippen LogP contribution in [0.2, 0.25) is 0 Å². The van der Waals surface area contributed by atoms with Gasteiger partial charge in [-0.15, -0.1) is 0 Å². The van der Waals surface area contributed by atoms with Crippen LogP contribution in [0.15, 0.2) is 59.5 Å². The van der Waals surface area contributed by atoms with Gasteiger partial charge in [-0.05, 0) is 54.8 Å². The monoisotopic (exact) mass is 579 g/mol. The van der Waals surface area contributed by atoms with Gasteiger partial charge in [-0.1, -0.05) is 26.0 Å². The third-order valence-corrected chi connectivity index (χ3v) is 7.91. The molecule has 0 bridgehead atoms. The van der Waals surface area contributed by atoms with E-state index in [1.807, 2.05) is 24.8 Å². The molecule has 1 unspecified atom stereocenters. The number of pyridine rings is 2. The number of alkyl halides is 3. The van der Waals surface area contributed by atoms with E-state index in [4.69, 9.17) is 0 Å². The molecule has 1 aromatic carbocycles. The molecule has 0 radical (unpaired) electrons. The van der Waals surface area contributed by atoms with Gasteiger partial charge in [-0.25, -0.2) is 14.2 Å². The van der Waals surface area contributed by atoms with E-state index in [0.717, 1.165) is 12.3 Å². The average molecular weight is 580 g/mol. The lowest BCUT2D eigenvalue weighted by Crippen LogP contribution is -2.59. The van der Waals surface area contributed by atoms with Gasteiger partial charge >= 0.3 is 11.9 Å². The molecule has 3 atom stereocenters. The van der Waals surface area contributed by atoms with Crippen molar-refractivity contribution >= 4 is 16.9 Å². The molecule has 3 aromatic heterocycles. The zero-order valence-corrected chi connectivity index (χ0v) is 23.3. The molecule has 4 aromatic rings. The summed E-state index contributed by atoms with van der Waals surface area (Å²) in [4.78, 5) is 30.2. The molecule has 0 spiro atoms. The maximum atomic E-state index is 13.9. The molecule has 1 saturated heterocycles. The lowest BCUT2D eigenvalue weighted by molar-refractivity contribution is -0.137. The van der Waals surface area contributed by atoms with Crippen molar-refractivity contribution in [2.45, 2.75) is 51.0 Å². The summed E-state index contributed by atoms with van der Waals surface area (Å²) in [6.45, 7) is 4.89. The minimum Gasteiger partial charge on any atom is -0.349 e. The van der Waals surface area contributed by atoms with Gasteiger partial charge in [0.25, 0.3) is 0 Å². The molecule has 218 valence electrons. The predicted octanol–water partition coefficient (Wildman–Crippen LogP) is 5.22. The van der Waals surface area contributed by atoms with Crippen molar-refractivity contribution in [3.63, 3.8) is 0 Å². The lowest BCUT2D eigenvalue weighted by atomic mass is 9.94. The van der Waals surface area contributed by atoms with E-state index in [0.29, 0.717) is 54.0 Å². The third kappa shape index (κ3) is 5.44. The van der Waals surface area contributed by atoms with E-state index < -0.39 is 29.3 Å². The molecule has 0 N–H and O–H groups in total. The smallest absolute Gasteiger partial charge is 0.349 e. The fraction of sp³-hybridized carbons (Fsp3) is 0.367. The number of aromatic nitrogens is 4. The highest BCUT2D eigenvalue weighted by Crippen LogP contribution is 2.37. The van der Waals surface area contributed by atoms with E-state index >= 15 is 0 Å². The Balaban J connectivity index is 1.60. The van der Waals surface area contributed by atoms with Crippen molar-refractivity contribution in [3.05, 3.63) is 93.5 Å². The van der Waals surface area contributed by atoms with Crippen LogP contribution in [0.3, 0.4) is 0 Å². The van der Waals surface area contributed by atoms with Gasteiger partial charge in [0.15, 0.2) is 5.82 Å². The number of rotatable bonds is 6. The zero-order chi connectivity index (χ0) is 30.2. The van der Waals surface area contributed by atoms with Crippen LogP contribution >= 0.6 is 0 Å². The van der Waals surface area contributed by atoms with Crippen molar-refractivity contribution in [3.8, 4) is 6.07 Å². The van der Waals surface area contributed by atoms with E-state index in [1.165, 1.54) is 22.8 Å². The Morgan fingerprint density at radius 3 is 2.31 bits per heavy atom. The van der Waals surface area contributed by atoms with E-state index in [2.05, 4.69) is 19.9 Å². The summed E-state index contributed by atoms with van der Waals surface area (Å²) in [6.07, 6.45) is -2.39. The average Bonchev–Trinajstić information content (AvgIpc) is 2.99. The molecule has 0 aliphatic carbocycles. The zero-order valence-electron chi connectivity index (χ0n) is 23.3. The molecular weight excluding hydrogens is 550 g/mol. The molecule has 4 heterocycles. The fourth-order valence-electron chi connectivity index (χ4n) is 5.64. The van der Waals surface area contributed by atoms with Gasteiger partial charge in [-0.2, -0.15) is 23.4 Å². The number of benzene rings is 1. The number of hydrogen-bond acceptors (Lipinski definition) is 7. The SMILES string of the molecule is CC[C@H]1CN(C(c2ccc(F)cc2)c2ccc(C(F)(F)F)cn2)[C@@H](CC)CN1c1nc(=O)n(C)c2ccc(C#N)nc12. The predicted molar refractivity (Wildman–Crippen MR) is 149 cm³/mol. The Morgan fingerprint density at radius 2 is 1.71 bits per heavy atom. The molecule has 1 fully saturated rings. The second kappa shape index (κ2) is 11.5. The molecule has 5 rings (SSSR count). The van der Waals surface area contributed by atoms with Crippen LogP contribution in [-0.2, 0) is 13.2 Å². The highest BCUT2D eigenvalue weighted by Gasteiger charge is 2.39. The summed E-state index contributed by atoms with van der Waals surface area (Å²) in [5.74, 6) is -0.0323. The van der Waals surface area contributed by atoms with Crippen LogP contribution in [0.1, 0.15) is 55.2 Å². The normalized spacial score (nSPS) is 18.7. The number of fused-ring (bicyclic) bond motifs is 1. The standard InChI is InChI=1S/C30H29F4N7O/c1-4-22-17-41(28-26-25(39(3)29(42)38-28)13-11-21(14-35)37-26)23(5-2)16-40(22)27(18-6-9-20(31)10-7-18)24-12-8-19(15-36-24)30(32,33)34/h6-13,15,22-23,27H,4-5,16-17H2,1-3H3/t22-,23-,27?/m0/s1. The summed E-state index contributed by atoms with van der Waals surface area (Å²) < 4.78 is 55.3. The van der Waals surface area contributed by atoms with E-state index in [1.54, 1.807) is 31.3 Å². The van der Waals surface area contributed by atoms with Crippen LogP contribution in [-0.4, -0.2) is 49.6 Å². The quantitative estimate of drug-likeness (QED) is 0.289. The molecule has 1 aliphatic rings. The molecule has 12 heteroatoms. The minimum atomic E-state index is -4.52. The molecule has 8 nitrogen and oxygen atoms in total. The molecule has 0 amide bonds. The summed E-state index contributed by atoms with van der Waals surface area (Å²) in [7, 11) is 1.60. The first-order valence-corrected chi connectivity index (χ1v) is 13.6. The Kier molecular flexibility index (Phi) is 7.97. The van der Waals surface area contributed by atoms with Gasteiger partial charge in [-0.3, -0.25) is 14.5 Å². The Morgan fingerprint density at radius 1 is 1.00 bits per heavy atom. The maximum Gasteiger partial charge on any atom is 0.417 e. The fourth-order valence-corrected chi connectivity index (χ4v) is 5.64. The minimum absolute atomic E-state index is 0.146. The van der Waals surface area contributed by atoms with Crippen molar-refractivity contribution in [1.29, 1.82) is 5.26 Å². The van der Waals surface area contributed by atoms with Crippen LogP contribution in [0.5, 0.6) is 0 Å². The van der Waals surface area contributed by atoms with Gasteiger partial charge in [0.2, 0.25) is 0 Å². The van der Waals surface area contributed by atoms with Gasteiger partial charge in [0.05, 0.1) is 22.8 Å². The van der Waals surface area contributed by atoms with Gasteiger partial charge in [0.1, 0.15) is 23.1 Å². The van der Waals surface area contributed by atoms with Gasteiger partial charge < -0.3 is 4.90 Å². The van der Waals surface area contributed by atoms with E-state index in [9.17, 15) is 27.6 Å². The second-order valence-electron chi connectivity index (χ2n) is 10.3. The van der Waals surface area contributed by atoms with E-state index in [-0.39, 0.29) is 17.8 Å². The van der Waals surface area contributed by atoms with Gasteiger partial charge in [0, 0.05) is 38.4 Å². The molecule has 42 heavy (non-hydrogen) atoms. The van der Waals surface area contributed by atoms with Crippen molar-refractivity contribution in [2.75, 3.05) is 18.0 Å². The largest absolute Gasteiger partial charge is 0.417 e. The number of piperazine rings is 1. The number of anilines is 1. The van der Waals surface area contributed by atoms with Crippen molar-refractivity contribution in [2.24, 2.45) is 7.05 Å². The van der Waals surface area contributed by atoms with Crippen molar-refractivity contribution < 1.29 is 17.6 Å². The number of nitrogens with zero attached hydrogens (tertiary/aromatic N) is 7. The Hall–Kier alpha value is -4.37. The van der Waals surface area contributed by atoms with Crippen LogP contribution < -0.4 is 10.6 Å². The Bertz CT molecular complexity index is 1680. The second-order valence-corrected chi connectivity index (χ2v) is 10.3. The summed E-state index contributed by atoms with van der Waals surface area (Å²) >= 11 is 0.